The van der Waals surface area contributed by atoms with Crippen LogP contribution in [0.4, 0.5) is 0 Å². The van der Waals surface area contributed by atoms with E-state index in [-0.39, 0.29) is 35.9 Å². The molecule has 0 amide bonds. The van der Waals surface area contributed by atoms with Crippen molar-refractivity contribution < 1.29 is 0 Å². The highest BCUT2D eigenvalue weighted by molar-refractivity contribution is 5.97. The Bertz CT molecular complexity index is 569. The highest BCUT2D eigenvalue weighted by atomic mass is 15.4. The maximum atomic E-state index is 8.24. The molecule has 168 valence electrons. The van der Waals surface area contributed by atoms with Gasteiger partial charge in [0.2, 0.25) is 0 Å². The first kappa shape index (κ1) is 22.1. The molecule has 0 aromatic carbocycles. The topological polar surface area (TPSA) is 174 Å². The van der Waals surface area contributed by atoms with Gasteiger partial charge in [-0.3, -0.25) is 32.3 Å². The molecule has 12 heteroatoms. The minimum Gasteiger partial charge on any atom is -0.351 e. The van der Waals surface area contributed by atoms with E-state index >= 15 is 0 Å². The van der Waals surface area contributed by atoms with E-state index in [2.05, 4.69) is 31.9 Å². The minimum absolute atomic E-state index is 0.00917. The van der Waals surface area contributed by atoms with Crippen molar-refractivity contribution in [2.45, 2.75) is 37.8 Å². The molecule has 3 fully saturated rings. The highest BCUT2D eigenvalue weighted by Gasteiger charge is 2.27. The summed E-state index contributed by atoms with van der Waals surface area (Å²) < 4.78 is 0. The fraction of sp³-hybridized carbons (Fsp3) is 0.778. The van der Waals surface area contributed by atoms with Crippen LogP contribution in [-0.2, 0) is 0 Å². The summed E-state index contributed by atoms with van der Waals surface area (Å²) >= 11 is 0. The lowest BCUT2D eigenvalue weighted by Gasteiger charge is -2.35. The zero-order valence-corrected chi connectivity index (χ0v) is 17.5. The molecule has 2 saturated heterocycles. The molecule has 10 N–H and O–H groups in total. The Balaban J connectivity index is 1.45. The van der Waals surface area contributed by atoms with Crippen molar-refractivity contribution in [3.8, 4) is 0 Å². The first-order valence-electron chi connectivity index (χ1n) is 10.9. The number of rotatable bonds is 2. The zero-order chi connectivity index (χ0) is 21.3. The van der Waals surface area contributed by atoms with E-state index in [4.69, 9.17) is 21.6 Å². The molecule has 2 heterocycles. The Kier molecular flexibility index (Phi) is 8.08. The van der Waals surface area contributed by atoms with Gasteiger partial charge in [0.05, 0.1) is 0 Å². The predicted molar refractivity (Wildman–Crippen MR) is 118 cm³/mol. The lowest BCUT2D eigenvalue weighted by atomic mass is 9.90. The van der Waals surface area contributed by atoms with Crippen LogP contribution in [0.3, 0.4) is 0 Å². The molecule has 2 atom stereocenters. The van der Waals surface area contributed by atoms with Gasteiger partial charge in [-0.25, -0.2) is 0 Å². The molecule has 3 rings (SSSR count). The normalized spacial score (nSPS) is 24.5. The summed E-state index contributed by atoms with van der Waals surface area (Å²) in [6, 6.07) is -0.0183. The molecule has 0 bridgehead atoms. The van der Waals surface area contributed by atoms with E-state index < -0.39 is 0 Å². The smallest absolute Gasteiger partial charge is 0.197 e. The SMILES string of the molecule is N=C(NC(=N)N1CCNCC1)NC1CCCCC1NC(=N)NC(=N)N1CCNCC1. The fourth-order valence-corrected chi connectivity index (χ4v) is 4.09. The van der Waals surface area contributed by atoms with Gasteiger partial charge < -0.3 is 31.1 Å². The second-order valence-corrected chi connectivity index (χ2v) is 7.96. The van der Waals surface area contributed by atoms with Crippen molar-refractivity contribution in [2.24, 2.45) is 0 Å². The molecule has 30 heavy (non-hydrogen) atoms. The second-order valence-electron chi connectivity index (χ2n) is 7.96. The zero-order valence-electron chi connectivity index (χ0n) is 17.5. The third-order valence-electron chi connectivity index (χ3n) is 5.78. The van der Waals surface area contributed by atoms with Crippen molar-refractivity contribution in [2.75, 3.05) is 52.4 Å². The molecule has 0 aromatic rings. The van der Waals surface area contributed by atoms with Crippen molar-refractivity contribution in [3.63, 3.8) is 0 Å². The first-order valence-corrected chi connectivity index (χ1v) is 10.9. The van der Waals surface area contributed by atoms with Crippen LogP contribution < -0.4 is 31.9 Å². The molecular formula is C18H36N12. The van der Waals surface area contributed by atoms with Crippen LogP contribution in [0.5, 0.6) is 0 Å². The average molecular weight is 421 g/mol. The van der Waals surface area contributed by atoms with Gasteiger partial charge in [-0.2, -0.15) is 0 Å². The maximum absolute atomic E-state index is 8.24. The Morgan fingerprint density at radius 3 is 1.37 bits per heavy atom. The van der Waals surface area contributed by atoms with Gasteiger partial charge in [-0.05, 0) is 12.8 Å². The summed E-state index contributed by atoms with van der Waals surface area (Å²) in [7, 11) is 0. The standard InChI is InChI=1S/C18H36N12/c19-15(27-17(21)29-9-5-23-6-10-29)25-13-3-1-2-4-14(13)26-16(20)28-18(22)30-11-7-24-8-12-30/h13-14,23-24H,1-12H2,(H4,19,21,25,27)(H4,20,22,26,28). The number of nitrogens with zero attached hydrogens (tertiary/aromatic N) is 2. The quantitative estimate of drug-likeness (QED) is 0.184. The van der Waals surface area contributed by atoms with Crippen LogP contribution >= 0.6 is 0 Å². The molecule has 0 aromatic heterocycles. The van der Waals surface area contributed by atoms with E-state index in [0.717, 1.165) is 78.0 Å². The Morgan fingerprint density at radius 2 is 1.00 bits per heavy atom. The van der Waals surface area contributed by atoms with Crippen LogP contribution in [0.25, 0.3) is 0 Å². The van der Waals surface area contributed by atoms with Crippen LogP contribution in [0.1, 0.15) is 25.7 Å². The molecule has 3 aliphatic rings. The fourth-order valence-electron chi connectivity index (χ4n) is 4.09. The van der Waals surface area contributed by atoms with Crippen molar-refractivity contribution in [3.05, 3.63) is 0 Å². The first-order chi connectivity index (χ1) is 14.5. The van der Waals surface area contributed by atoms with Crippen molar-refractivity contribution in [1.29, 1.82) is 21.6 Å². The number of nitrogens with one attached hydrogen (secondary N) is 10. The molecule has 2 aliphatic heterocycles. The summed E-state index contributed by atoms with van der Waals surface area (Å²) in [5.74, 6) is 0.719. The maximum Gasteiger partial charge on any atom is 0.197 e. The lowest BCUT2D eigenvalue weighted by molar-refractivity contribution is 0.329. The van der Waals surface area contributed by atoms with Gasteiger partial charge in [-0.1, -0.05) is 12.8 Å². The summed E-state index contributed by atoms with van der Waals surface area (Å²) in [5.41, 5.74) is 0. The molecular weight excluding hydrogens is 384 g/mol. The molecule has 2 unspecified atom stereocenters. The summed E-state index contributed by atoms with van der Waals surface area (Å²) in [5, 5.41) is 51.5. The highest BCUT2D eigenvalue weighted by Crippen LogP contribution is 2.18. The van der Waals surface area contributed by atoms with E-state index in [1.165, 1.54) is 0 Å². The Labute approximate surface area is 177 Å². The predicted octanol–water partition coefficient (Wildman–Crippen LogP) is -1.79. The summed E-state index contributed by atoms with van der Waals surface area (Å²) in [6.45, 7) is 6.41. The number of hydrogen-bond donors (Lipinski definition) is 10. The van der Waals surface area contributed by atoms with Crippen LogP contribution in [0.15, 0.2) is 0 Å². The summed E-state index contributed by atoms with van der Waals surface area (Å²) in [4.78, 5) is 3.84. The molecule has 12 nitrogen and oxygen atoms in total. The van der Waals surface area contributed by atoms with Crippen molar-refractivity contribution in [1.82, 2.24) is 41.7 Å². The molecule has 0 radical (unpaired) electrons. The molecule has 0 spiro atoms. The summed E-state index contributed by atoms with van der Waals surface area (Å²) in [6.07, 6.45) is 3.92. The van der Waals surface area contributed by atoms with Crippen LogP contribution in [0.2, 0.25) is 0 Å². The monoisotopic (exact) mass is 420 g/mol. The van der Waals surface area contributed by atoms with E-state index in [9.17, 15) is 0 Å². The minimum atomic E-state index is -0.00917. The van der Waals surface area contributed by atoms with Crippen LogP contribution in [0, 0.1) is 21.6 Å². The number of guanidine groups is 4. The van der Waals surface area contributed by atoms with Crippen molar-refractivity contribution >= 4 is 23.8 Å². The largest absolute Gasteiger partial charge is 0.351 e. The average Bonchev–Trinajstić information content (AvgIpc) is 2.76. The third kappa shape index (κ3) is 6.46. The van der Waals surface area contributed by atoms with Gasteiger partial charge in [-0.15, -0.1) is 0 Å². The van der Waals surface area contributed by atoms with Gasteiger partial charge in [0.1, 0.15) is 0 Å². The Morgan fingerprint density at radius 1 is 0.633 bits per heavy atom. The van der Waals surface area contributed by atoms with E-state index in [0.29, 0.717) is 0 Å². The van der Waals surface area contributed by atoms with E-state index in [1.54, 1.807) is 0 Å². The Hall–Kier alpha value is -2.60. The van der Waals surface area contributed by atoms with Gasteiger partial charge in [0.25, 0.3) is 0 Å². The second kappa shape index (κ2) is 11.0. The van der Waals surface area contributed by atoms with E-state index in [1.807, 2.05) is 9.80 Å². The number of piperazine rings is 2. The lowest BCUT2D eigenvalue weighted by Crippen LogP contribution is -2.60. The third-order valence-corrected chi connectivity index (χ3v) is 5.78. The molecule has 1 aliphatic carbocycles. The van der Waals surface area contributed by atoms with Gasteiger partial charge in [0, 0.05) is 64.4 Å². The number of hydrogen-bond acceptors (Lipinski definition) is 6. The molecule has 1 saturated carbocycles. The van der Waals surface area contributed by atoms with Crippen LogP contribution in [-0.4, -0.2) is 98.1 Å². The van der Waals surface area contributed by atoms with Gasteiger partial charge in [0.15, 0.2) is 23.8 Å². The van der Waals surface area contributed by atoms with Gasteiger partial charge >= 0.3 is 0 Å².